The van der Waals surface area contributed by atoms with Crippen LogP contribution in [0.1, 0.15) is 11.5 Å². The van der Waals surface area contributed by atoms with E-state index in [1.807, 2.05) is 30.3 Å². The average molecular weight is 534 g/mol. The average Bonchev–Trinajstić information content (AvgIpc) is 3.51. The third-order valence-corrected chi connectivity index (χ3v) is 6.44. The number of benzene rings is 3. The van der Waals surface area contributed by atoms with Crippen LogP contribution in [0.3, 0.4) is 0 Å². The van der Waals surface area contributed by atoms with Crippen LogP contribution in [-0.4, -0.2) is 36.3 Å². The number of carbonyl (C=O) groups is 2. The van der Waals surface area contributed by atoms with E-state index in [-0.39, 0.29) is 28.6 Å². The molecule has 0 aliphatic carbocycles. The fourth-order valence-corrected chi connectivity index (χ4v) is 4.65. The minimum Gasteiger partial charge on any atom is -0.466 e. The Kier molecular flexibility index (Phi) is 7.11. The molecule has 0 radical (unpaired) electrons. The van der Waals surface area contributed by atoms with Crippen LogP contribution in [-0.2, 0) is 19.1 Å². The first kappa shape index (κ1) is 25.9. The summed E-state index contributed by atoms with van der Waals surface area (Å²) in [5.74, 6) is -2.24. The standard InChI is InChI=1S/C30H23N5O5/c1-38-29(36)24-23(18-11-5-3-6-12-18)21(17-31)26(32)35(25(24)30(37)39-2)22-16-10-9-15-20(22)28-33-27(34-40-28)19-13-7-4-8-14-19/h3-16,23H,32H2,1-2H3. The lowest BCUT2D eigenvalue weighted by molar-refractivity contribution is -0.139. The molecule has 1 aliphatic heterocycles. The minimum atomic E-state index is -0.982. The first-order chi connectivity index (χ1) is 19.5. The lowest BCUT2D eigenvalue weighted by Gasteiger charge is -2.36. The Morgan fingerprint density at radius 1 is 0.925 bits per heavy atom. The van der Waals surface area contributed by atoms with Gasteiger partial charge in [0, 0.05) is 5.56 Å². The van der Waals surface area contributed by atoms with Crippen LogP contribution in [0.5, 0.6) is 0 Å². The third-order valence-electron chi connectivity index (χ3n) is 6.44. The number of nitriles is 1. The van der Waals surface area contributed by atoms with Crippen molar-refractivity contribution in [2.75, 3.05) is 19.1 Å². The van der Waals surface area contributed by atoms with Gasteiger partial charge >= 0.3 is 11.9 Å². The highest BCUT2D eigenvalue weighted by Crippen LogP contribution is 2.45. The topological polar surface area (TPSA) is 145 Å². The normalized spacial score (nSPS) is 15.0. The van der Waals surface area contributed by atoms with Gasteiger partial charge in [0.05, 0.1) is 48.6 Å². The molecule has 1 aliphatic rings. The lowest BCUT2D eigenvalue weighted by atomic mass is 9.80. The molecule has 0 fully saturated rings. The summed E-state index contributed by atoms with van der Waals surface area (Å²) in [5.41, 5.74) is 8.42. The number of rotatable bonds is 6. The van der Waals surface area contributed by atoms with Crippen molar-refractivity contribution >= 4 is 17.6 Å². The monoisotopic (exact) mass is 533 g/mol. The van der Waals surface area contributed by atoms with Crippen molar-refractivity contribution in [2.45, 2.75) is 5.92 Å². The molecule has 5 rings (SSSR count). The zero-order valence-corrected chi connectivity index (χ0v) is 21.6. The third kappa shape index (κ3) is 4.46. The van der Waals surface area contributed by atoms with Crippen LogP contribution in [0.15, 0.2) is 112 Å². The highest BCUT2D eigenvalue weighted by molar-refractivity contribution is 6.07. The number of allylic oxidation sites excluding steroid dienone is 1. The molecule has 3 aromatic carbocycles. The summed E-state index contributed by atoms with van der Waals surface area (Å²) >= 11 is 0. The number of esters is 2. The SMILES string of the molecule is COC(=O)C1=C(C(=O)OC)N(c2ccccc2-c2nc(-c3ccccc3)no2)C(N)=C(C#N)C1c1ccccc1. The van der Waals surface area contributed by atoms with Crippen LogP contribution in [0.25, 0.3) is 22.8 Å². The fourth-order valence-electron chi connectivity index (χ4n) is 4.65. The summed E-state index contributed by atoms with van der Waals surface area (Å²) in [5, 5.41) is 14.4. The van der Waals surface area contributed by atoms with Crippen molar-refractivity contribution in [1.82, 2.24) is 10.1 Å². The summed E-state index contributed by atoms with van der Waals surface area (Å²) in [6.45, 7) is 0. The van der Waals surface area contributed by atoms with Gasteiger partial charge in [-0.15, -0.1) is 0 Å². The van der Waals surface area contributed by atoms with Crippen molar-refractivity contribution in [3.63, 3.8) is 0 Å². The molecule has 4 aromatic rings. The van der Waals surface area contributed by atoms with Gasteiger partial charge in [0.25, 0.3) is 5.89 Å². The van der Waals surface area contributed by atoms with E-state index in [4.69, 9.17) is 19.7 Å². The van der Waals surface area contributed by atoms with Gasteiger partial charge in [0.15, 0.2) is 0 Å². The van der Waals surface area contributed by atoms with Gasteiger partial charge in [-0.2, -0.15) is 10.2 Å². The van der Waals surface area contributed by atoms with Crippen LogP contribution in [0.2, 0.25) is 0 Å². The number of nitrogens with zero attached hydrogens (tertiary/aromatic N) is 4. The summed E-state index contributed by atoms with van der Waals surface area (Å²) < 4.78 is 15.8. The maximum Gasteiger partial charge on any atom is 0.355 e. The molecule has 1 unspecified atom stereocenters. The van der Waals surface area contributed by atoms with Gasteiger partial charge < -0.3 is 19.7 Å². The van der Waals surface area contributed by atoms with E-state index in [0.29, 0.717) is 22.6 Å². The molecule has 1 aromatic heterocycles. The Hall–Kier alpha value is -5.69. The Balaban J connectivity index is 1.77. The number of aromatic nitrogens is 2. The van der Waals surface area contributed by atoms with Gasteiger partial charge in [-0.25, -0.2) is 9.59 Å². The minimum absolute atomic E-state index is 0.0459. The number of methoxy groups -OCH3 is 2. The van der Waals surface area contributed by atoms with E-state index in [2.05, 4.69) is 16.2 Å². The van der Waals surface area contributed by atoms with Crippen molar-refractivity contribution in [3.8, 4) is 28.9 Å². The predicted molar refractivity (Wildman–Crippen MR) is 145 cm³/mol. The summed E-state index contributed by atoms with van der Waals surface area (Å²) in [4.78, 5) is 32.6. The Morgan fingerprint density at radius 3 is 2.20 bits per heavy atom. The second-order valence-corrected chi connectivity index (χ2v) is 8.64. The van der Waals surface area contributed by atoms with Gasteiger partial charge in [-0.3, -0.25) is 4.90 Å². The molecule has 0 spiro atoms. The molecule has 198 valence electrons. The zero-order valence-electron chi connectivity index (χ0n) is 21.6. The van der Waals surface area contributed by atoms with E-state index in [9.17, 15) is 14.9 Å². The van der Waals surface area contributed by atoms with Crippen molar-refractivity contribution in [1.29, 1.82) is 5.26 Å². The maximum atomic E-state index is 13.4. The Bertz CT molecular complexity index is 1690. The first-order valence-corrected chi connectivity index (χ1v) is 12.1. The molecule has 40 heavy (non-hydrogen) atoms. The first-order valence-electron chi connectivity index (χ1n) is 12.1. The van der Waals surface area contributed by atoms with E-state index in [1.165, 1.54) is 19.1 Å². The summed E-state index contributed by atoms with van der Waals surface area (Å²) in [7, 11) is 2.39. The van der Waals surface area contributed by atoms with E-state index >= 15 is 0 Å². The number of hydrogen-bond acceptors (Lipinski definition) is 10. The summed E-state index contributed by atoms with van der Waals surface area (Å²) in [6.07, 6.45) is 0. The van der Waals surface area contributed by atoms with Crippen molar-refractivity contribution in [3.05, 3.63) is 113 Å². The Labute approximate surface area is 229 Å². The molecule has 2 N–H and O–H groups in total. The number of anilines is 1. The van der Waals surface area contributed by atoms with E-state index in [0.717, 1.165) is 5.56 Å². The lowest BCUT2D eigenvalue weighted by Crippen LogP contribution is -2.41. The molecule has 1 atom stereocenters. The van der Waals surface area contributed by atoms with E-state index < -0.39 is 17.9 Å². The molecule has 0 bridgehead atoms. The molecule has 10 nitrogen and oxygen atoms in total. The number of carbonyl (C=O) groups excluding carboxylic acids is 2. The summed E-state index contributed by atoms with van der Waals surface area (Å²) in [6, 6.07) is 27.0. The quantitative estimate of drug-likeness (QED) is 0.356. The van der Waals surface area contributed by atoms with Gasteiger partial charge in [0.2, 0.25) is 5.82 Å². The molecular formula is C30H23N5O5. The second kappa shape index (κ2) is 11.0. The molecular weight excluding hydrogens is 510 g/mol. The van der Waals surface area contributed by atoms with Gasteiger partial charge in [-0.05, 0) is 17.7 Å². The van der Waals surface area contributed by atoms with Crippen LogP contribution < -0.4 is 10.6 Å². The highest BCUT2D eigenvalue weighted by Gasteiger charge is 2.43. The maximum absolute atomic E-state index is 13.4. The number of hydrogen-bond donors (Lipinski definition) is 1. The number of para-hydroxylation sites is 1. The second-order valence-electron chi connectivity index (χ2n) is 8.64. The zero-order chi connectivity index (χ0) is 28.2. The van der Waals surface area contributed by atoms with Crippen LogP contribution in [0.4, 0.5) is 5.69 Å². The van der Waals surface area contributed by atoms with E-state index in [1.54, 1.807) is 54.6 Å². The largest absolute Gasteiger partial charge is 0.466 e. The predicted octanol–water partition coefficient (Wildman–Crippen LogP) is 4.30. The number of nitrogens with two attached hydrogens (primary N) is 1. The molecule has 0 saturated carbocycles. The molecule has 10 heteroatoms. The molecule has 0 saturated heterocycles. The highest BCUT2D eigenvalue weighted by atomic mass is 16.5. The number of ether oxygens (including phenoxy) is 2. The van der Waals surface area contributed by atoms with Crippen molar-refractivity contribution < 1.29 is 23.6 Å². The smallest absolute Gasteiger partial charge is 0.355 e. The van der Waals surface area contributed by atoms with Gasteiger partial charge in [0.1, 0.15) is 11.5 Å². The fraction of sp³-hybridized carbons (Fsp3) is 0.100. The van der Waals surface area contributed by atoms with Crippen LogP contribution >= 0.6 is 0 Å². The molecule has 2 heterocycles. The van der Waals surface area contributed by atoms with Gasteiger partial charge in [-0.1, -0.05) is 78.0 Å². The van der Waals surface area contributed by atoms with Crippen molar-refractivity contribution in [2.24, 2.45) is 5.73 Å². The Morgan fingerprint density at radius 2 is 1.55 bits per heavy atom. The molecule has 0 amide bonds. The van der Waals surface area contributed by atoms with Crippen LogP contribution in [0, 0.1) is 11.3 Å².